The Bertz CT molecular complexity index is 2800. The summed E-state index contributed by atoms with van der Waals surface area (Å²) in [7, 11) is 0. The maximum absolute atomic E-state index is 9.57. The van der Waals surface area contributed by atoms with Gasteiger partial charge in [0, 0.05) is 0 Å². The van der Waals surface area contributed by atoms with Gasteiger partial charge in [-0.15, -0.1) is 0 Å². The van der Waals surface area contributed by atoms with Crippen LogP contribution in [0, 0.1) is 0 Å². The second kappa shape index (κ2) is 7.57. The fourth-order valence-electron chi connectivity index (χ4n) is 4.30. The van der Waals surface area contributed by atoms with E-state index in [0.717, 1.165) is 0 Å². The van der Waals surface area contributed by atoms with E-state index in [2.05, 4.69) is 0 Å². The first-order chi connectivity index (χ1) is 24.4. The second-order valence-electron chi connectivity index (χ2n) is 7.55. The van der Waals surface area contributed by atoms with Gasteiger partial charge in [0.2, 0.25) is 0 Å². The van der Waals surface area contributed by atoms with E-state index in [1.54, 1.807) is 12.1 Å². The molecule has 0 unspecified atom stereocenters. The number of hydrogen-bond donors (Lipinski definition) is 0. The largest absolute Gasteiger partial charge is 0.0636 e. The van der Waals surface area contributed by atoms with Crippen LogP contribution < -0.4 is 0 Å². The molecule has 0 saturated heterocycles. The Hall–Kier alpha value is -4.42. The maximum Gasteiger partial charge on any atom is 0.0636 e. The minimum Gasteiger partial charge on any atom is -0.0622 e. The van der Waals surface area contributed by atoms with Crippen LogP contribution in [0.1, 0.15) is 24.7 Å². The number of hydrogen-bond acceptors (Lipinski definition) is 0. The van der Waals surface area contributed by atoms with Crippen molar-refractivity contribution in [1.82, 2.24) is 0 Å². The highest BCUT2D eigenvalue weighted by molar-refractivity contribution is 6.22. The van der Waals surface area contributed by atoms with Crippen LogP contribution in [-0.2, 0) is 0 Å². The highest BCUT2D eigenvalue weighted by Crippen LogP contribution is 2.44. The minimum absolute atomic E-state index is 0.108. The van der Waals surface area contributed by atoms with Gasteiger partial charge < -0.3 is 0 Å². The van der Waals surface area contributed by atoms with E-state index in [-0.39, 0.29) is 60.0 Å². The molecule has 0 aliphatic heterocycles. The van der Waals surface area contributed by atoms with Crippen molar-refractivity contribution in [3.63, 3.8) is 0 Å². The van der Waals surface area contributed by atoms with Gasteiger partial charge >= 0.3 is 0 Å². The summed E-state index contributed by atoms with van der Waals surface area (Å²) in [6.45, 7) is 0. The third kappa shape index (κ3) is 2.86. The molecule has 0 bridgehead atoms. The van der Waals surface area contributed by atoms with E-state index in [0.29, 0.717) is 0 Å². The van der Waals surface area contributed by atoms with E-state index >= 15 is 0 Å². The fraction of sp³-hybridized carbons (Fsp3) is 0. The lowest BCUT2D eigenvalue weighted by Gasteiger charge is -2.18. The number of rotatable bonds is 2. The lowest BCUT2D eigenvalue weighted by molar-refractivity contribution is 1.66. The molecule has 0 aromatic heterocycles. The predicted molar refractivity (Wildman–Crippen MR) is 147 cm³/mol. The van der Waals surface area contributed by atoms with Crippen molar-refractivity contribution < 1.29 is 24.7 Å². The minimum atomic E-state index is -0.724. The second-order valence-corrected chi connectivity index (χ2v) is 7.55. The summed E-state index contributed by atoms with van der Waals surface area (Å²) < 4.78 is 157. The Kier molecular flexibility index (Phi) is 1.87. The van der Waals surface area contributed by atoms with Crippen molar-refractivity contribution in [1.29, 1.82) is 0 Å². The molecule has 0 spiro atoms. The normalized spacial score (nSPS) is 18.9. The van der Waals surface area contributed by atoms with Crippen LogP contribution in [0.25, 0.3) is 65.3 Å². The highest BCUT2D eigenvalue weighted by atomic mass is 14.2. The molecule has 0 atom stereocenters. The standard InChI is InChI=1S/C34H22/c1-2-11-25(12-3-1)33-28-14-6-8-16-30(28)34(31-17-9-7-15-29(31)33)26-21-20-24-19-18-23-10-4-5-13-27(23)32(24)22-26/h1-22H/i1D,2D,3D,4D,5D,6D,8D,10D,11D,12D,13D,14D,16D,18D,19D,20D,21D,22D. The van der Waals surface area contributed by atoms with Gasteiger partial charge in [-0.2, -0.15) is 0 Å². The van der Waals surface area contributed by atoms with Gasteiger partial charge in [-0.3, -0.25) is 0 Å². The average Bonchev–Trinajstić information content (AvgIpc) is 3.13. The van der Waals surface area contributed by atoms with Crippen LogP contribution in [0.3, 0.4) is 0 Å². The van der Waals surface area contributed by atoms with E-state index in [1.807, 2.05) is 0 Å². The van der Waals surface area contributed by atoms with Crippen molar-refractivity contribution in [3.05, 3.63) is 133 Å². The van der Waals surface area contributed by atoms with Gasteiger partial charge in [0.05, 0.1) is 24.7 Å². The van der Waals surface area contributed by atoms with Crippen LogP contribution in [0.5, 0.6) is 0 Å². The molecule has 0 amide bonds. The molecular weight excluding hydrogens is 408 g/mol. The van der Waals surface area contributed by atoms with Gasteiger partial charge in [0.1, 0.15) is 0 Å². The molecule has 158 valence electrons. The molecule has 0 fully saturated rings. The monoisotopic (exact) mass is 448 g/mol. The third-order valence-electron chi connectivity index (χ3n) is 5.72. The quantitative estimate of drug-likeness (QED) is 0.182. The molecule has 0 aliphatic carbocycles. The number of benzene rings is 7. The highest BCUT2D eigenvalue weighted by Gasteiger charge is 2.16. The third-order valence-corrected chi connectivity index (χ3v) is 5.72. The van der Waals surface area contributed by atoms with Crippen molar-refractivity contribution in [3.8, 4) is 22.3 Å². The van der Waals surface area contributed by atoms with Crippen LogP contribution in [0.4, 0.5) is 0 Å². The summed E-state index contributed by atoms with van der Waals surface area (Å²) in [5.41, 5.74) is -1.03. The van der Waals surface area contributed by atoms with Crippen molar-refractivity contribution >= 4 is 43.1 Å². The summed E-state index contributed by atoms with van der Waals surface area (Å²) >= 11 is 0. The molecule has 0 aliphatic rings. The van der Waals surface area contributed by atoms with Gasteiger partial charge in [-0.1, -0.05) is 127 Å². The lowest BCUT2D eigenvalue weighted by atomic mass is 9.85. The summed E-state index contributed by atoms with van der Waals surface area (Å²) in [4.78, 5) is 0. The van der Waals surface area contributed by atoms with Gasteiger partial charge in [-0.25, -0.2) is 0 Å². The molecule has 0 radical (unpaired) electrons. The van der Waals surface area contributed by atoms with Crippen molar-refractivity contribution in [2.45, 2.75) is 0 Å². The summed E-state index contributed by atoms with van der Waals surface area (Å²) in [6.07, 6.45) is 0. The Morgan fingerprint density at radius 2 is 0.912 bits per heavy atom. The first-order valence-corrected chi connectivity index (χ1v) is 10.3. The van der Waals surface area contributed by atoms with Gasteiger partial charge in [0.15, 0.2) is 0 Å². The van der Waals surface area contributed by atoms with Gasteiger partial charge in [-0.05, 0) is 71.4 Å². The Balaban J connectivity index is 1.85. The van der Waals surface area contributed by atoms with Gasteiger partial charge in [0.25, 0.3) is 0 Å². The van der Waals surface area contributed by atoms with E-state index in [1.165, 1.54) is 12.1 Å². The molecule has 7 aromatic rings. The molecule has 34 heavy (non-hydrogen) atoms. The SMILES string of the molecule is [2H]c1c([2H])c([2H])c(-c2c3ccccc3c(-c3c([2H])c([2H])c4c([2H])c([2H])c5c([2H])c([2H])c([2H])c([2H])c5c4c3[2H])c3c([2H])c([2H])c([2H])c([2H])c23)c([2H])c1[2H]. The van der Waals surface area contributed by atoms with Crippen molar-refractivity contribution in [2.75, 3.05) is 0 Å². The number of fused-ring (bicyclic) bond motifs is 5. The van der Waals surface area contributed by atoms with Crippen LogP contribution >= 0.6 is 0 Å². The van der Waals surface area contributed by atoms with Crippen LogP contribution in [0.15, 0.2) is 133 Å². The molecule has 0 nitrogen and oxygen atoms in total. The van der Waals surface area contributed by atoms with Crippen molar-refractivity contribution in [2.24, 2.45) is 0 Å². The van der Waals surface area contributed by atoms with E-state index in [9.17, 15) is 2.74 Å². The molecule has 7 aromatic carbocycles. The zero-order valence-corrected chi connectivity index (χ0v) is 17.3. The zero-order chi connectivity index (χ0) is 38.1. The smallest absolute Gasteiger partial charge is 0.0622 e. The lowest BCUT2D eigenvalue weighted by Crippen LogP contribution is -1.91. The Morgan fingerprint density at radius 3 is 1.62 bits per heavy atom. The maximum atomic E-state index is 9.57. The summed E-state index contributed by atoms with van der Waals surface area (Å²) in [6, 6.07) is -5.98. The van der Waals surface area contributed by atoms with Crippen LogP contribution in [0.2, 0.25) is 0 Å². The first kappa shape index (κ1) is 8.42. The Morgan fingerprint density at radius 1 is 0.382 bits per heavy atom. The molecule has 0 N–H and O–H groups in total. The van der Waals surface area contributed by atoms with Crippen LogP contribution in [-0.4, -0.2) is 0 Å². The first-order valence-electron chi connectivity index (χ1n) is 19.3. The fourth-order valence-corrected chi connectivity index (χ4v) is 4.30. The molecule has 0 saturated carbocycles. The molecular formula is C34H22. The topological polar surface area (TPSA) is 0 Å². The molecule has 0 heterocycles. The summed E-state index contributed by atoms with van der Waals surface area (Å²) in [5.74, 6) is 0. The average molecular weight is 449 g/mol. The molecule has 0 heteroatoms. The summed E-state index contributed by atoms with van der Waals surface area (Å²) in [5, 5.41) is -1.83. The Labute approximate surface area is 224 Å². The molecule has 7 rings (SSSR count). The zero-order valence-electron chi connectivity index (χ0n) is 35.3. The predicted octanol–water partition coefficient (Wildman–Crippen LogP) is 9.63. The van der Waals surface area contributed by atoms with E-state index < -0.39 is 114 Å². The van der Waals surface area contributed by atoms with E-state index in [4.69, 9.17) is 21.9 Å².